The zero-order chi connectivity index (χ0) is 24.2. The van der Waals surface area contributed by atoms with Crippen molar-refractivity contribution in [2.24, 2.45) is 0 Å². The van der Waals surface area contributed by atoms with Crippen LogP contribution in [0.4, 0.5) is 14.7 Å². The molecule has 0 saturated carbocycles. The van der Waals surface area contributed by atoms with E-state index < -0.39 is 23.3 Å². The summed E-state index contributed by atoms with van der Waals surface area (Å²) >= 11 is 0. The number of anilines is 1. The quantitative estimate of drug-likeness (QED) is 0.583. The summed E-state index contributed by atoms with van der Waals surface area (Å²) in [5, 5.41) is 13.2. The fraction of sp³-hybridized carbons (Fsp3) is 0.542. The largest absolute Gasteiger partial charge is 0.389 e. The normalized spacial score (nSPS) is 22.9. The van der Waals surface area contributed by atoms with Crippen LogP contribution >= 0.6 is 0 Å². The molecule has 8 nitrogen and oxygen atoms in total. The van der Waals surface area contributed by atoms with E-state index in [1.807, 2.05) is 18.4 Å². The second kappa shape index (κ2) is 8.51. The number of aliphatic hydroxyl groups is 1. The molecule has 0 bridgehead atoms. The van der Waals surface area contributed by atoms with Crippen molar-refractivity contribution in [2.45, 2.75) is 63.8 Å². The Morgan fingerprint density at radius 1 is 1.24 bits per heavy atom. The van der Waals surface area contributed by atoms with E-state index in [4.69, 9.17) is 9.47 Å². The molecule has 3 aromatic rings. The lowest BCUT2D eigenvalue weighted by Crippen LogP contribution is -2.42. The molecule has 2 aliphatic rings. The monoisotopic (exact) mass is 473 g/mol. The van der Waals surface area contributed by atoms with Crippen molar-refractivity contribution in [3.63, 3.8) is 0 Å². The number of ether oxygens (including phenoxy) is 2. The van der Waals surface area contributed by atoms with Gasteiger partial charge in [-0.3, -0.25) is 0 Å². The number of benzene rings is 1. The van der Waals surface area contributed by atoms with Gasteiger partial charge in [0.2, 0.25) is 5.95 Å². The summed E-state index contributed by atoms with van der Waals surface area (Å²) in [6.45, 7) is 6.56. The molecule has 0 spiro atoms. The van der Waals surface area contributed by atoms with Crippen LogP contribution in [0.1, 0.15) is 51.0 Å². The van der Waals surface area contributed by atoms with Crippen molar-refractivity contribution < 1.29 is 23.4 Å². The molecular weight excluding hydrogens is 444 g/mol. The molecule has 2 aliphatic heterocycles. The van der Waals surface area contributed by atoms with E-state index in [-0.39, 0.29) is 35.8 Å². The molecule has 5 rings (SSSR count). The smallest absolute Gasteiger partial charge is 0.223 e. The second-order valence-electron chi connectivity index (χ2n) is 9.56. The second-order valence-corrected chi connectivity index (χ2v) is 9.56. The molecule has 0 unspecified atom stereocenters. The van der Waals surface area contributed by atoms with E-state index >= 15 is 8.78 Å². The first-order chi connectivity index (χ1) is 16.2. The Balaban J connectivity index is 1.66. The van der Waals surface area contributed by atoms with Gasteiger partial charge in [0.25, 0.3) is 0 Å². The predicted octanol–water partition coefficient (Wildman–Crippen LogP) is 3.72. The number of aromatic nitrogens is 4. The molecule has 4 heterocycles. The van der Waals surface area contributed by atoms with E-state index in [1.165, 1.54) is 6.07 Å². The molecule has 1 fully saturated rings. The topological polar surface area (TPSA) is 94.3 Å². The van der Waals surface area contributed by atoms with Gasteiger partial charge in [0.15, 0.2) is 11.6 Å². The minimum absolute atomic E-state index is 0.0182. The molecule has 0 aliphatic carbocycles. The summed E-state index contributed by atoms with van der Waals surface area (Å²) in [7, 11) is 1.60. The lowest BCUT2D eigenvalue weighted by molar-refractivity contribution is -0.0136. The Morgan fingerprint density at radius 2 is 2.03 bits per heavy atom. The highest BCUT2D eigenvalue weighted by atomic mass is 19.1. The van der Waals surface area contributed by atoms with Gasteiger partial charge in [-0.25, -0.2) is 23.7 Å². The van der Waals surface area contributed by atoms with Crippen molar-refractivity contribution in [3.05, 3.63) is 35.3 Å². The Labute approximate surface area is 196 Å². The van der Waals surface area contributed by atoms with Crippen LogP contribution in [0, 0.1) is 11.6 Å². The van der Waals surface area contributed by atoms with E-state index in [2.05, 4.69) is 27.2 Å². The Kier molecular flexibility index (Phi) is 5.78. The summed E-state index contributed by atoms with van der Waals surface area (Å²) in [6, 6.07) is 1.08. The third-order valence-electron chi connectivity index (χ3n) is 6.96. The molecule has 0 radical (unpaired) electrons. The average molecular weight is 474 g/mol. The third kappa shape index (κ3) is 3.73. The predicted molar refractivity (Wildman–Crippen MR) is 123 cm³/mol. The third-order valence-corrected chi connectivity index (χ3v) is 6.96. The zero-order valence-corrected chi connectivity index (χ0v) is 19.7. The van der Waals surface area contributed by atoms with Crippen molar-refractivity contribution >= 4 is 17.0 Å². The van der Waals surface area contributed by atoms with Crippen LogP contribution < -0.4 is 5.32 Å². The number of aliphatic hydroxyl groups excluding tert-OH is 1. The fourth-order valence-corrected chi connectivity index (χ4v) is 4.87. The van der Waals surface area contributed by atoms with Crippen molar-refractivity contribution in [1.82, 2.24) is 19.5 Å². The first kappa shape index (κ1) is 23.1. The van der Waals surface area contributed by atoms with Gasteiger partial charge in [-0.05, 0) is 51.7 Å². The molecule has 10 heteroatoms. The van der Waals surface area contributed by atoms with Gasteiger partial charge < -0.3 is 24.5 Å². The van der Waals surface area contributed by atoms with Crippen molar-refractivity contribution in [1.29, 1.82) is 0 Å². The number of hydrogen-bond acceptors (Lipinski definition) is 7. The van der Waals surface area contributed by atoms with Crippen LogP contribution in [0.15, 0.2) is 12.3 Å². The minimum Gasteiger partial charge on any atom is -0.389 e. The summed E-state index contributed by atoms with van der Waals surface area (Å²) < 4.78 is 43.3. The maximum Gasteiger partial charge on any atom is 0.223 e. The van der Waals surface area contributed by atoms with E-state index in [0.29, 0.717) is 36.4 Å². The fourth-order valence-electron chi connectivity index (χ4n) is 4.87. The van der Waals surface area contributed by atoms with Gasteiger partial charge >= 0.3 is 0 Å². The van der Waals surface area contributed by atoms with E-state index in [1.54, 1.807) is 7.11 Å². The summed E-state index contributed by atoms with van der Waals surface area (Å²) in [6.07, 6.45) is 2.34. The van der Waals surface area contributed by atoms with Gasteiger partial charge in [-0.1, -0.05) is 0 Å². The number of aryl methyl sites for hydroxylation is 1. The zero-order valence-electron chi connectivity index (χ0n) is 19.7. The molecule has 1 saturated heterocycles. The molecule has 3 atom stereocenters. The van der Waals surface area contributed by atoms with Gasteiger partial charge in [0.05, 0.1) is 30.5 Å². The van der Waals surface area contributed by atoms with Crippen molar-refractivity contribution in [2.75, 3.05) is 25.6 Å². The van der Waals surface area contributed by atoms with Crippen LogP contribution in [0.25, 0.3) is 22.3 Å². The number of nitrogens with one attached hydrogen (secondary N) is 1. The van der Waals surface area contributed by atoms with E-state index in [0.717, 1.165) is 18.2 Å². The number of halogens is 2. The highest BCUT2D eigenvalue weighted by Gasteiger charge is 2.35. The molecule has 0 amide bonds. The minimum atomic E-state index is -0.726. The first-order valence-electron chi connectivity index (χ1n) is 11.6. The number of imidazole rings is 1. The summed E-state index contributed by atoms with van der Waals surface area (Å²) in [5.41, 5.74) is 1.38. The van der Waals surface area contributed by atoms with E-state index in [9.17, 15) is 5.11 Å². The molecule has 1 aromatic carbocycles. The van der Waals surface area contributed by atoms with Gasteiger partial charge in [0.1, 0.15) is 22.6 Å². The Hall–Kier alpha value is -2.69. The van der Waals surface area contributed by atoms with Gasteiger partial charge in [-0.2, -0.15) is 0 Å². The maximum absolute atomic E-state index is 15.4. The first-order valence-corrected chi connectivity index (χ1v) is 11.6. The number of methoxy groups -OCH3 is 1. The summed E-state index contributed by atoms with van der Waals surface area (Å²) in [5.74, 6) is -0.375. The highest BCUT2D eigenvalue weighted by molar-refractivity contribution is 5.88. The van der Waals surface area contributed by atoms with Crippen LogP contribution in [-0.2, 0) is 21.5 Å². The maximum atomic E-state index is 15.4. The number of nitrogens with zero attached hydrogens (tertiary/aromatic N) is 4. The van der Waals surface area contributed by atoms with Gasteiger partial charge in [0, 0.05) is 25.3 Å². The number of hydrogen-bond donors (Lipinski definition) is 2. The van der Waals surface area contributed by atoms with Crippen molar-refractivity contribution in [3.8, 4) is 11.3 Å². The standard InChI is InChI=1S/C24H29F2N5O3/c1-12-5-6-13-14(9-15(25)20-21(13)31(12)22(29-20)24(2,3)33-4)19-16(26)10-27-23(30-19)28-17-7-8-34-11-18(17)32/h9-10,12,17-18,32H,5-8,11H2,1-4H3,(H,27,28,30)/t12-,17+,18+/m0/s1. The van der Waals surface area contributed by atoms with Crippen LogP contribution in [0.3, 0.4) is 0 Å². The van der Waals surface area contributed by atoms with Crippen LogP contribution in [-0.4, -0.2) is 57.1 Å². The van der Waals surface area contributed by atoms with Crippen LogP contribution in [0.2, 0.25) is 0 Å². The molecule has 2 aromatic heterocycles. The number of rotatable bonds is 5. The molecule has 182 valence electrons. The Morgan fingerprint density at radius 3 is 2.76 bits per heavy atom. The molecule has 2 N–H and O–H groups in total. The van der Waals surface area contributed by atoms with Crippen LogP contribution in [0.5, 0.6) is 0 Å². The lowest BCUT2D eigenvalue weighted by Gasteiger charge is -2.30. The molecular formula is C24H29F2N5O3. The molecule has 34 heavy (non-hydrogen) atoms. The van der Waals surface area contributed by atoms with Gasteiger partial charge in [-0.15, -0.1) is 0 Å². The lowest BCUT2D eigenvalue weighted by atomic mass is 9.93. The highest BCUT2D eigenvalue weighted by Crippen LogP contribution is 2.42. The average Bonchev–Trinajstić information content (AvgIpc) is 3.24. The summed E-state index contributed by atoms with van der Waals surface area (Å²) in [4.78, 5) is 13.1. The SMILES string of the molecule is COC(C)(C)c1nc2c(F)cc(-c3nc(N[C@@H]4CCOC[C@H]4O)ncc3F)c3c2n1[C@@H](C)CC3. The Bertz CT molecular complexity index is 1250.